The van der Waals surface area contributed by atoms with Gasteiger partial charge in [0.1, 0.15) is 11.6 Å². The van der Waals surface area contributed by atoms with E-state index in [0.29, 0.717) is 5.75 Å². The first-order valence-electron chi connectivity index (χ1n) is 10.2. The number of hydrogen-bond donors (Lipinski definition) is 1. The standard InChI is InChI=1S/C23H17FN4O7/c1-13-23(30)26(12-14-4-2-3-5-19(14)24)20-10-16(6-7-21(20)35-13)25-22(29)15-8-17(27(31)32)11-18(9-15)28(33)34/h2-11,13H,12H2,1H3,(H,25,29). The summed E-state index contributed by atoms with van der Waals surface area (Å²) < 4.78 is 19.9. The predicted octanol–water partition coefficient (Wildman–Crippen LogP) is 4.21. The summed E-state index contributed by atoms with van der Waals surface area (Å²) in [7, 11) is 0. The highest BCUT2D eigenvalue weighted by molar-refractivity contribution is 6.06. The Morgan fingerprint density at radius 2 is 1.71 bits per heavy atom. The summed E-state index contributed by atoms with van der Waals surface area (Å²) in [6.07, 6.45) is -0.819. The molecule has 1 unspecified atom stereocenters. The molecule has 11 nitrogen and oxygen atoms in total. The van der Waals surface area contributed by atoms with Gasteiger partial charge in [-0.3, -0.25) is 29.8 Å². The summed E-state index contributed by atoms with van der Waals surface area (Å²) in [6.45, 7) is 1.48. The van der Waals surface area contributed by atoms with Crippen molar-refractivity contribution >= 4 is 34.6 Å². The van der Waals surface area contributed by atoms with Crippen LogP contribution in [-0.2, 0) is 11.3 Å². The van der Waals surface area contributed by atoms with E-state index in [4.69, 9.17) is 4.74 Å². The molecule has 1 aliphatic heterocycles. The molecule has 0 aliphatic carbocycles. The van der Waals surface area contributed by atoms with E-state index in [1.165, 1.54) is 35.2 Å². The van der Waals surface area contributed by atoms with Gasteiger partial charge in [-0.05, 0) is 31.2 Å². The largest absolute Gasteiger partial charge is 0.479 e. The van der Waals surface area contributed by atoms with Crippen LogP contribution in [0, 0.1) is 26.0 Å². The highest BCUT2D eigenvalue weighted by atomic mass is 19.1. The third kappa shape index (κ3) is 4.76. The quantitative estimate of drug-likeness (QED) is 0.411. The maximum atomic E-state index is 14.2. The number of rotatable bonds is 6. The van der Waals surface area contributed by atoms with Crippen LogP contribution in [0.25, 0.3) is 0 Å². The molecule has 4 rings (SSSR count). The van der Waals surface area contributed by atoms with Gasteiger partial charge in [-0.25, -0.2) is 4.39 Å². The highest BCUT2D eigenvalue weighted by Gasteiger charge is 2.32. The van der Waals surface area contributed by atoms with Gasteiger partial charge in [-0.1, -0.05) is 18.2 Å². The summed E-state index contributed by atoms with van der Waals surface area (Å²) in [6, 6.07) is 13.0. The fourth-order valence-corrected chi connectivity index (χ4v) is 3.59. The molecular formula is C23H17FN4O7. The molecule has 1 aliphatic rings. The summed E-state index contributed by atoms with van der Waals surface area (Å²) in [5.41, 5.74) is -0.781. The van der Waals surface area contributed by atoms with E-state index in [9.17, 15) is 34.2 Å². The molecule has 12 heteroatoms. The number of nitrogens with zero attached hydrogens (tertiary/aromatic N) is 3. The van der Waals surface area contributed by atoms with E-state index in [2.05, 4.69) is 5.32 Å². The minimum Gasteiger partial charge on any atom is -0.479 e. The van der Waals surface area contributed by atoms with Gasteiger partial charge in [0.15, 0.2) is 6.10 Å². The van der Waals surface area contributed by atoms with Crippen LogP contribution in [-0.4, -0.2) is 27.8 Å². The van der Waals surface area contributed by atoms with Gasteiger partial charge >= 0.3 is 0 Å². The lowest BCUT2D eigenvalue weighted by molar-refractivity contribution is -0.394. The van der Waals surface area contributed by atoms with Crippen LogP contribution in [0.2, 0.25) is 0 Å². The molecule has 0 fully saturated rings. The SMILES string of the molecule is CC1Oc2ccc(NC(=O)c3cc([N+](=O)[O-])cc([N+](=O)[O-])c3)cc2N(Cc2ccccc2F)C1=O. The number of halogens is 1. The van der Waals surface area contributed by atoms with Crippen LogP contribution in [0.3, 0.4) is 0 Å². The number of benzene rings is 3. The normalized spacial score (nSPS) is 14.6. The minimum absolute atomic E-state index is 0.0827. The fraction of sp³-hybridized carbons (Fsp3) is 0.130. The Morgan fingerprint density at radius 3 is 2.34 bits per heavy atom. The number of anilines is 2. The number of nitro groups is 2. The third-order valence-corrected chi connectivity index (χ3v) is 5.30. The molecule has 1 heterocycles. The molecule has 0 bridgehead atoms. The van der Waals surface area contributed by atoms with Crippen LogP contribution in [0.1, 0.15) is 22.8 Å². The molecule has 2 amide bonds. The van der Waals surface area contributed by atoms with Gasteiger partial charge < -0.3 is 15.0 Å². The Hall–Kier alpha value is -4.87. The van der Waals surface area contributed by atoms with Crippen LogP contribution in [0.5, 0.6) is 5.75 Å². The van der Waals surface area contributed by atoms with E-state index < -0.39 is 45.0 Å². The van der Waals surface area contributed by atoms with E-state index >= 15 is 0 Å². The minimum atomic E-state index is -0.840. The van der Waals surface area contributed by atoms with Gasteiger partial charge in [-0.15, -0.1) is 0 Å². The van der Waals surface area contributed by atoms with Crippen molar-refractivity contribution < 1.29 is 28.6 Å². The highest BCUT2D eigenvalue weighted by Crippen LogP contribution is 2.37. The summed E-state index contributed by atoms with van der Waals surface area (Å²) in [5, 5.41) is 24.7. The average Bonchev–Trinajstić information content (AvgIpc) is 2.83. The van der Waals surface area contributed by atoms with Crippen LogP contribution >= 0.6 is 0 Å². The summed E-state index contributed by atoms with van der Waals surface area (Å²) >= 11 is 0. The van der Waals surface area contributed by atoms with Gasteiger partial charge in [0.05, 0.1) is 33.7 Å². The monoisotopic (exact) mass is 480 g/mol. The van der Waals surface area contributed by atoms with E-state index in [1.54, 1.807) is 19.1 Å². The van der Waals surface area contributed by atoms with Gasteiger partial charge in [0, 0.05) is 23.4 Å². The molecule has 0 spiro atoms. The van der Waals surface area contributed by atoms with E-state index in [1.807, 2.05) is 0 Å². The molecule has 0 radical (unpaired) electrons. The second-order valence-electron chi connectivity index (χ2n) is 7.66. The molecule has 3 aromatic rings. The molecule has 3 aromatic carbocycles. The smallest absolute Gasteiger partial charge is 0.277 e. The molecular weight excluding hydrogens is 463 g/mol. The second kappa shape index (κ2) is 9.17. The Balaban J connectivity index is 1.66. The topological polar surface area (TPSA) is 145 Å². The van der Waals surface area contributed by atoms with Crippen LogP contribution in [0.15, 0.2) is 60.7 Å². The van der Waals surface area contributed by atoms with Crippen LogP contribution < -0.4 is 15.0 Å². The Kier molecular flexibility index (Phi) is 6.10. The maximum absolute atomic E-state index is 14.2. The third-order valence-electron chi connectivity index (χ3n) is 5.30. The Bertz CT molecular complexity index is 1350. The zero-order chi connectivity index (χ0) is 25.3. The average molecular weight is 480 g/mol. The molecule has 0 saturated carbocycles. The van der Waals surface area contributed by atoms with Crippen molar-refractivity contribution in [2.45, 2.75) is 19.6 Å². The van der Waals surface area contributed by atoms with E-state index in [0.717, 1.165) is 18.2 Å². The lowest BCUT2D eigenvalue weighted by Crippen LogP contribution is -2.44. The Morgan fingerprint density at radius 1 is 1.06 bits per heavy atom. The van der Waals surface area contributed by atoms with Crippen molar-refractivity contribution in [2.75, 3.05) is 10.2 Å². The fourth-order valence-electron chi connectivity index (χ4n) is 3.59. The van der Waals surface area contributed by atoms with Crippen molar-refractivity contribution in [1.82, 2.24) is 0 Å². The van der Waals surface area contributed by atoms with Gasteiger partial charge in [0.25, 0.3) is 23.2 Å². The van der Waals surface area contributed by atoms with Crippen molar-refractivity contribution in [1.29, 1.82) is 0 Å². The van der Waals surface area contributed by atoms with Gasteiger partial charge in [-0.2, -0.15) is 0 Å². The van der Waals surface area contributed by atoms with Crippen LogP contribution in [0.4, 0.5) is 27.1 Å². The first-order valence-corrected chi connectivity index (χ1v) is 10.2. The summed E-state index contributed by atoms with van der Waals surface area (Å²) in [4.78, 5) is 47.4. The maximum Gasteiger partial charge on any atom is 0.277 e. The Labute approximate surface area is 197 Å². The zero-order valence-corrected chi connectivity index (χ0v) is 18.1. The first kappa shape index (κ1) is 23.3. The van der Waals surface area contributed by atoms with Crippen molar-refractivity contribution in [3.8, 4) is 5.75 Å². The lowest BCUT2D eigenvalue weighted by atomic mass is 10.1. The van der Waals surface area contributed by atoms with Crippen molar-refractivity contribution in [3.63, 3.8) is 0 Å². The lowest BCUT2D eigenvalue weighted by Gasteiger charge is -2.33. The van der Waals surface area contributed by atoms with E-state index in [-0.39, 0.29) is 29.0 Å². The number of carbonyl (C=O) groups is 2. The number of fused-ring (bicyclic) bond motifs is 1. The number of ether oxygens (including phenoxy) is 1. The zero-order valence-electron chi connectivity index (χ0n) is 18.1. The number of hydrogen-bond acceptors (Lipinski definition) is 7. The van der Waals surface area contributed by atoms with Crippen molar-refractivity contribution in [3.05, 3.63) is 97.8 Å². The number of nitrogens with one attached hydrogen (secondary N) is 1. The molecule has 1 atom stereocenters. The number of nitro benzene ring substituents is 2. The molecule has 1 N–H and O–H groups in total. The molecule has 0 saturated heterocycles. The molecule has 35 heavy (non-hydrogen) atoms. The summed E-state index contributed by atoms with van der Waals surface area (Å²) in [5.74, 6) is -1.41. The van der Waals surface area contributed by atoms with Crippen molar-refractivity contribution in [2.24, 2.45) is 0 Å². The predicted molar refractivity (Wildman–Crippen MR) is 122 cm³/mol. The number of carbonyl (C=O) groups excluding carboxylic acids is 2. The second-order valence-corrected chi connectivity index (χ2v) is 7.66. The molecule has 0 aromatic heterocycles. The van der Waals surface area contributed by atoms with Gasteiger partial charge in [0.2, 0.25) is 0 Å². The number of amides is 2. The number of non-ortho nitro benzene ring substituents is 2. The molecule has 178 valence electrons. The first-order chi connectivity index (χ1) is 16.6.